The molecule has 0 unspecified atom stereocenters. The number of fused-ring (bicyclic) bond motifs is 2. The molecule has 0 radical (unpaired) electrons. The minimum Gasteiger partial charge on any atom is -0.493 e. The van der Waals surface area contributed by atoms with Gasteiger partial charge >= 0.3 is 5.97 Å². The molecule has 0 spiro atoms. The van der Waals surface area contributed by atoms with Crippen LogP contribution in [0.25, 0.3) is 16.8 Å². The number of hydrogen-bond acceptors (Lipinski definition) is 8. The first kappa shape index (κ1) is 33.2. The summed E-state index contributed by atoms with van der Waals surface area (Å²) in [6, 6.07) is 24.8. The maximum Gasteiger partial charge on any atom is 0.338 e. The molecule has 0 aliphatic carbocycles. The summed E-state index contributed by atoms with van der Waals surface area (Å²) in [6.45, 7) is 7.92. The molecule has 1 aliphatic heterocycles. The Morgan fingerprint density at radius 3 is 2.52 bits per heavy atom. The van der Waals surface area contributed by atoms with E-state index in [1.807, 2.05) is 68.4 Å². The van der Waals surface area contributed by atoms with E-state index in [4.69, 9.17) is 23.9 Å². The number of para-hydroxylation sites is 1. The second-order valence-electron chi connectivity index (χ2n) is 11.5. The Kier molecular flexibility index (Phi) is 9.84. The summed E-state index contributed by atoms with van der Waals surface area (Å²) in [6.07, 6.45) is 1.67. The number of halogens is 1. The van der Waals surface area contributed by atoms with Crippen LogP contribution in [0.15, 0.2) is 104 Å². The third-order valence-electron chi connectivity index (χ3n) is 7.84. The monoisotopic (exact) mass is 726 g/mol. The summed E-state index contributed by atoms with van der Waals surface area (Å²) in [5.74, 6) is 1.13. The molecule has 1 aromatic heterocycles. The van der Waals surface area contributed by atoms with Crippen molar-refractivity contribution in [2.75, 3.05) is 13.7 Å². The van der Waals surface area contributed by atoms with Crippen molar-refractivity contribution in [1.29, 1.82) is 0 Å². The number of allylic oxidation sites excluding steroid dienone is 1. The van der Waals surface area contributed by atoms with Crippen molar-refractivity contribution < 1.29 is 23.7 Å². The third kappa shape index (κ3) is 6.68. The normalized spacial score (nSPS) is 14.6. The number of aromatic nitrogens is 1. The number of esters is 1. The topological polar surface area (TPSA) is 88.4 Å². The number of nitrogens with zero attached hydrogens (tertiary/aromatic N) is 2. The number of hydrogen-bond donors (Lipinski definition) is 0. The molecular weight excluding hydrogens is 692 g/mol. The lowest BCUT2D eigenvalue weighted by molar-refractivity contribution is -0.139. The average Bonchev–Trinajstić information content (AvgIpc) is 3.36. The number of benzene rings is 4. The van der Waals surface area contributed by atoms with Gasteiger partial charge in [0.05, 0.1) is 40.1 Å². The van der Waals surface area contributed by atoms with Crippen molar-refractivity contribution in [3.8, 4) is 17.2 Å². The van der Waals surface area contributed by atoms with E-state index < -0.39 is 12.0 Å². The molecule has 6 rings (SSSR count). The molecule has 0 amide bonds. The Morgan fingerprint density at radius 1 is 1.02 bits per heavy atom. The summed E-state index contributed by atoms with van der Waals surface area (Å²) in [5.41, 5.74) is 2.93. The molecule has 0 N–H and O–H groups in total. The summed E-state index contributed by atoms with van der Waals surface area (Å²) >= 11 is 4.91. The van der Waals surface area contributed by atoms with Crippen molar-refractivity contribution in [1.82, 2.24) is 4.57 Å². The quantitative estimate of drug-likeness (QED) is 0.143. The van der Waals surface area contributed by atoms with Crippen LogP contribution < -0.4 is 29.1 Å². The molecule has 0 bridgehead atoms. The molecule has 10 heteroatoms. The number of ether oxygens (including phenoxy) is 4. The van der Waals surface area contributed by atoms with Crippen LogP contribution in [-0.2, 0) is 16.1 Å². The van der Waals surface area contributed by atoms with Gasteiger partial charge in [0, 0.05) is 5.56 Å². The first-order valence-electron chi connectivity index (χ1n) is 15.6. The summed E-state index contributed by atoms with van der Waals surface area (Å²) in [5, 5.41) is 2.31. The lowest BCUT2D eigenvalue weighted by Crippen LogP contribution is -2.40. The van der Waals surface area contributed by atoms with Crippen LogP contribution >= 0.6 is 27.3 Å². The van der Waals surface area contributed by atoms with Gasteiger partial charge in [0.15, 0.2) is 16.3 Å². The predicted molar refractivity (Wildman–Crippen MR) is 192 cm³/mol. The van der Waals surface area contributed by atoms with Crippen molar-refractivity contribution in [3.63, 3.8) is 0 Å². The smallest absolute Gasteiger partial charge is 0.338 e. The Balaban J connectivity index is 1.40. The Labute approximate surface area is 290 Å². The fourth-order valence-electron chi connectivity index (χ4n) is 5.75. The summed E-state index contributed by atoms with van der Waals surface area (Å²) in [7, 11) is 1.58. The largest absolute Gasteiger partial charge is 0.493 e. The second kappa shape index (κ2) is 14.2. The van der Waals surface area contributed by atoms with Crippen molar-refractivity contribution >= 4 is 50.1 Å². The van der Waals surface area contributed by atoms with Crippen LogP contribution in [0.2, 0.25) is 0 Å². The predicted octanol–water partition coefficient (Wildman–Crippen LogP) is 7.09. The zero-order valence-corrected chi connectivity index (χ0v) is 29.7. The van der Waals surface area contributed by atoms with E-state index in [0.717, 1.165) is 16.5 Å². The second-order valence-corrected chi connectivity index (χ2v) is 13.4. The van der Waals surface area contributed by atoms with Gasteiger partial charge in [0.1, 0.15) is 18.4 Å². The van der Waals surface area contributed by atoms with E-state index in [0.29, 0.717) is 54.5 Å². The highest BCUT2D eigenvalue weighted by Crippen LogP contribution is 2.38. The highest BCUT2D eigenvalue weighted by molar-refractivity contribution is 9.10. The number of rotatable bonds is 10. The van der Waals surface area contributed by atoms with Crippen LogP contribution in [0.1, 0.15) is 50.4 Å². The fraction of sp³-hybridized carbons (Fsp3) is 0.237. The molecule has 0 saturated carbocycles. The van der Waals surface area contributed by atoms with Crippen LogP contribution in [-0.4, -0.2) is 30.4 Å². The Bertz CT molecular complexity index is 2240. The lowest BCUT2D eigenvalue weighted by atomic mass is 9.95. The van der Waals surface area contributed by atoms with Gasteiger partial charge in [-0.3, -0.25) is 9.36 Å². The molecule has 48 heavy (non-hydrogen) atoms. The standard InChI is InChI=1S/C38H35BrN2O6S/c1-6-45-37(43)33-23(4)40-38-41(34(33)28-13-9-10-14-30(28)47-22(2)3)36(42)32(48-38)20-25-18-29(39)35(31(19-25)44-5)46-21-24-15-16-26-11-7-8-12-27(26)17-24/h7-20,22,34H,6,21H2,1-5H3/b32-20+/t34-/m0/s1. The number of carbonyl (C=O) groups excluding carboxylic acids is 1. The molecule has 0 saturated heterocycles. The van der Waals surface area contributed by atoms with E-state index in [1.165, 1.54) is 16.7 Å². The van der Waals surface area contributed by atoms with E-state index >= 15 is 0 Å². The highest BCUT2D eigenvalue weighted by atomic mass is 79.9. The van der Waals surface area contributed by atoms with Crippen molar-refractivity contribution in [2.45, 2.75) is 46.4 Å². The van der Waals surface area contributed by atoms with Gasteiger partial charge in [-0.05, 0) is 95.9 Å². The maximum absolute atomic E-state index is 14.2. The first-order chi connectivity index (χ1) is 23.2. The molecular formula is C38H35BrN2O6S. The molecule has 2 heterocycles. The van der Waals surface area contributed by atoms with Gasteiger partial charge in [-0.25, -0.2) is 9.79 Å². The van der Waals surface area contributed by atoms with Gasteiger partial charge in [-0.15, -0.1) is 0 Å². The summed E-state index contributed by atoms with van der Waals surface area (Å²) < 4.78 is 26.2. The third-order valence-corrected chi connectivity index (χ3v) is 9.41. The number of carbonyl (C=O) groups is 1. The average molecular weight is 728 g/mol. The van der Waals surface area contributed by atoms with Crippen molar-refractivity contribution in [3.05, 3.63) is 131 Å². The van der Waals surface area contributed by atoms with Gasteiger partial charge in [-0.2, -0.15) is 0 Å². The first-order valence-corrected chi connectivity index (χ1v) is 17.2. The van der Waals surface area contributed by atoms with Crippen LogP contribution in [0, 0.1) is 0 Å². The Hall–Kier alpha value is -4.67. The minimum absolute atomic E-state index is 0.119. The maximum atomic E-state index is 14.2. The van der Waals surface area contributed by atoms with Crippen LogP contribution in [0.4, 0.5) is 0 Å². The zero-order valence-electron chi connectivity index (χ0n) is 27.3. The van der Waals surface area contributed by atoms with Gasteiger partial charge in [-0.1, -0.05) is 65.9 Å². The van der Waals surface area contributed by atoms with Gasteiger partial charge in [0.2, 0.25) is 0 Å². The van der Waals surface area contributed by atoms with E-state index in [2.05, 4.69) is 40.2 Å². The van der Waals surface area contributed by atoms with E-state index in [1.54, 1.807) is 31.6 Å². The minimum atomic E-state index is -0.787. The number of thiazole rings is 1. The molecule has 5 aromatic rings. The molecule has 4 aromatic carbocycles. The SMILES string of the molecule is CCOC(=O)C1=C(C)N=c2s/c(=C/c3cc(Br)c(OCc4ccc5ccccc5c4)c(OC)c3)c(=O)n2[C@H]1c1ccccc1OC(C)C. The highest BCUT2D eigenvalue weighted by Gasteiger charge is 2.35. The van der Waals surface area contributed by atoms with Gasteiger partial charge < -0.3 is 18.9 Å². The zero-order chi connectivity index (χ0) is 33.9. The van der Waals surface area contributed by atoms with Crippen molar-refractivity contribution in [2.24, 2.45) is 4.99 Å². The van der Waals surface area contributed by atoms with E-state index in [9.17, 15) is 9.59 Å². The molecule has 0 fully saturated rings. The lowest BCUT2D eigenvalue weighted by Gasteiger charge is -2.26. The van der Waals surface area contributed by atoms with E-state index in [-0.39, 0.29) is 18.3 Å². The van der Waals surface area contributed by atoms with Gasteiger partial charge in [0.25, 0.3) is 5.56 Å². The fourth-order valence-corrected chi connectivity index (χ4v) is 7.37. The Morgan fingerprint density at radius 2 is 1.77 bits per heavy atom. The molecule has 8 nitrogen and oxygen atoms in total. The van der Waals surface area contributed by atoms with Crippen LogP contribution in [0.3, 0.4) is 0 Å². The number of methoxy groups -OCH3 is 1. The summed E-state index contributed by atoms with van der Waals surface area (Å²) in [4.78, 5) is 32.8. The molecule has 246 valence electrons. The molecule has 1 aliphatic rings. The molecule has 1 atom stereocenters. The van der Waals surface area contributed by atoms with Crippen LogP contribution in [0.5, 0.6) is 17.2 Å².